The molecule has 4 nitrogen and oxygen atoms in total. The molecule has 1 aliphatic rings. The fourth-order valence-corrected chi connectivity index (χ4v) is 5.72. The Balaban J connectivity index is 1.37. The third-order valence-corrected chi connectivity index (χ3v) is 7.67. The van der Waals surface area contributed by atoms with Crippen molar-refractivity contribution in [2.24, 2.45) is 0 Å². The summed E-state index contributed by atoms with van der Waals surface area (Å²) in [5.74, 6) is 0. The van der Waals surface area contributed by atoms with Gasteiger partial charge in [0.1, 0.15) is 0 Å². The van der Waals surface area contributed by atoms with E-state index in [1.54, 1.807) is 11.3 Å². The van der Waals surface area contributed by atoms with Crippen molar-refractivity contribution in [1.82, 2.24) is 9.62 Å². The number of hydrogen-bond donors (Lipinski definition) is 1. The highest BCUT2D eigenvalue weighted by atomic mass is 32.2. The smallest absolute Gasteiger partial charge is 0.297 e. The SMILES string of the molecule is O=S(=O)(N[C@@H]1CCN(Cc2ccc(-c3cccs3)cc2)C1)c1cccc(C(F)(F)F)c1. The lowest BCUT2D eigenvalue weighted by Gasteiger charge is -2.17. The molecule has 0 aliphatic carbocycles. The second-order valence-corrected chi connectivity index (χ2v) is 10.2. The molecule has 1 saturated heterocycles. The second-order valence-electron chi connectivity index (χ2n) is 7.54. The first-order chi connectivity index (χ1) is 14.7. The molecular weight excluding hydrogens is 445 g/mol. The summed E-state index contributed by atoms with van der Waals surface area (Å²) in [5, 5.41) is 2.04. The van der Waals surface area contributed by atoms with Gasteiger partial charge in [0.05, 0.1) is 10.5 Å². The van der Waals surface area contributed by atoms with Crippen LogP contribution in [-0.4, -0.2) is 32.4 Å². The van der Waals surface area contributed by atoms with Gasteiger partial charge < -0.3 is 0 Å². The van der Waals surface area contributed by atoms with Crippen LogP contribution in [0.3, 0.4) is 0 Å². The molecule has 31 heavy (non-hydrogen) atoms. The van der Waals surface area contributed by atoms with Crippen LogP contribution in [0, 0.1) is 0 Å². The van der Waals surface area contributed by atoms with E-state index in [4.69, 9.17) is 0 Å². The molecule has 1 aliphatic heterocycles. The molecule has 2 heterocycles. The Labute approximate surface area is 183 Å². The molecule has 1 N–H and O–H groups in total. The van der Waals surface area contributed by atoms with Gasteiger partial charge in [0.15, 0.2) is 0 Å². The minimum atomic E-state index is -4.59. The van der Waals surface area contributed by atoms with Gasteiger partial charge >= 0.3 is 6.18 Å². The van der Waals surface area contributed by atoms with Gasteiger partial charge in [0.2, 0.25) is 10.0 Å². The Morgan fingerprint density at radius 1 is 1.06 bits per heavy atom. The summed E-state index contributed by atoms with van der Waals surface area (Å²) in [6, 6.07) is 15.8. The number of halogens is 3. The molecule has 1 atom stereocenters. The summed E-state index contributed by atoms with van der Waals surface area (Å²) in [6.45, 7) is 1.90. The fourth-order valence-electron chi connectivity index (χ4n) is 3.67. The van der Waals surface area contributed by atoms with E-state index in [-0.39, 0.29) is 10.9 Å². The first kappa shape index (κ1) is 22.0. The molecule has 2 aromatic carbocycles. The average molecular weight is 467 g/mol. The van der Waals surface area contributed by atoms with Crippen molar-refractivity contribution < 1.29 is 21.6 Å². The third kappa shape index (κ3) is 5.35. The minimum Gasteiger partial charge on any atom is -0.297 e. The maximum absolute atomic E-state index is 12.9. The highest BCUT2D eigenvalue weighted by Gasteiger charge is 2.33. The van der Waals surface area contributed by atoms with Crippen LogP contribution in [0.1, 0.15) is 17.5 Å². The van der Waals surface area contributed by atoms with Crippen molar-refractivity contribution in [1.29, 1.82) is 0 Å². The van der Waals surface area contributed by atoms with Crippen LogP contribution in [0.25, 0.3) is 10.4 Å². The summed E-state index contributed by atoms with van der Waals surface area (Å²) < 4.78 is 66.4. The maximum atomic E-state index is 12.9. The quantitative estimate of drug-likeness (QED) is 0.557. The lowest BCUT2D eigenvalue weighted by atomic mass is 10.1. The van der Waals surface area contributed by atoms with E-state index < -0.39 is 21.8 Å². The zero-order valence-corrected chi connectivity index (χ0v) is 18.1. The molecule has 0 radical (unpaired) electrons. The van der Waals surface area contributed by atoms with Gasteiger partial charge in [0.25, 0.3) is 0 Å². The van der Waals surface area contributed by atoms with Crippen molar-refractivity contribution >= 4 is 21.4 Å². The predicted molar refractivity (Wildman–Crippen MR) is 115 cm³/mol. The number of nitrogens with zero attached hydrogens (tertiary/aromatic N) is 1. The Hall–Kier alpha value is -2.20. The Bertz CT molecular complexity index is 1130. The third-order valence-electron chi connectivity index (χ3n) is 5.23. The van der Waals surface area contributed by atoms with Gasteiger partial charge in [-0.05, 0) is 47.2 Å². The summed E-state index contributed by atoms with van der Waals surface area (Å²) in [6.07, 6.45) is -3.99. The lowest BCUT2D eigenvalue weighted by Crippen LogP contribution is -2.37. The van der Waals surface area contributed by atoms with Crippen molar-refractivity contribution in [3.8, 4) is 10.4 Å². The molecule has 164 valence electrons. The summed E-state index contributed by atoms with van der Waals surface area (Å²) in [5.41, 5.74) is 1.31. The molecule has 0 unspecified atom stereocenters. The van der Waals surface area contributed by atoms with E-state index in [0.717, 1.165) is 23.3 Å². The number of rotatable bonds is 6. The van der Waals surface area contributed by atoms with E-state index in [1.807, 2.05) is 11.4 Å². The summed E-state index contributed by atoms with van der Waals surface area (Å²) in [4.78, 5) is 2.97. The molecule has 4 rings (SSSR count). The first-order valence-corrected chi connectivity index (χ1v) is 12.1. The Morgan fingerprint density at radius 2 is 1.84 bits per heavy atom. The molecule has 9 heteroatoms. The summed E-state index contributed by atoms with van der Waals surface area (Å²) >= 11 is 1.68. The van der Waals surface area contributed by atoms with Gasteiger partial charge in [-0.25, -0.2) is 13.1 Å². The normalized spacial score (nSPS) is 17.8. The molecule has 0 saturated carbocycles. The topological polar surface area (TPSA) is 49.4 Å². The van der Waals surface area contributed by atoms with Gasteiger partial charge in [-0.2, -0.15) is 13.2 Å². The second kappa shape index (κ2) is 8.74. The number of hydrogen-bond acceptors (Lipinski definition) is 4. The van der Waals surface area contributed by atoms with Crippen molar-refractivity contribution in [2.45, 2.75) is 30.1 Å². The van der Waals surface area contributed by atoms with Gasteiger partial charge in [-0.3, -0.25) is 4.90 Å². The number of benzene rings is 2. The number of nitrogens with one attached hydrogen (secondary N) is 1. The van der Waals surface area contributed by atoms with E-state index in [9.17, 15) is 21.6 Å². The molecule has 3 aromatic rings. The van der Waals surface area contributed by atoms with Gasteiger partial charge in [-0.1, -0.05) is 36.4 Å². The largest absolute Gasteiger partial charge is 0.416 e. The highest BCUT2D eigenvalue weighted by Crippen LogP contribution is 2.30. The van der Waals surface area contributed by atoms with Gasteiger partial charge in [-0.15, -0.1) is 11.3 Å². The molecule has 1 aromatic heterocycles. The molecule has 1 fully saturated rings. The van der Waals surface area contributed by atoms with E-state index in [2.05, 4.69) is 40.0 Å². The monoisotopic (exact) mass is 466 g/mol. The van der Waals surface area contributed by atoms with Crippen LogP contribution < -0.4 is 4.72 Å². The summed E-state index contributed by atoms with van der Waals surface area (Å²) in [7, 11) is -4.03. The molecule has 0 amide bonds. The van der Waals surface area contributed by atoms with Crippen molar-refractivity contribution in [3.63, 3.8) is 0 Å². The predicted octanol–water partition coefficient (Wildman–Crippen LogP) is 4.99. The molecule has 0 bridgehead atoms. The zero-order valence-electron chi connectivity index (χ0n) is 16.5. The van der Waals surface area contributed by atoms with Crippen molar-refractivity contribution in [2.75, 3.05) is 13.1 Å². The number of likely N-dealkylation sites (tertiary alicyclic amines) is 1. The van der Waals surface area contributed by atoms with Gasteiger partial charge in [0, 0.05) is 30.6 Å². The number of sulfonamides is 1. The standard InChI is InChI=1S/C22H21F3N2O2S2/c23-22(24,25)18-3-1-4-20(13-18)31(28,29)26-19-10-11-27(15-19)14-16-6-8-17(9-7-16)21-5-2-12-30-21/h1-9,12-13,19,26H,10-11,14-15H2/t19-/m1/s1. The van der Waals surface area contributed by atoms with Crippen molar-refractivity contribution in [3.05, 3.63) is 77.2 Å². The Kier molecular flexibility index (Phi) is 6.20. The molecular formula is C22H21F3N2O2S2. The van der Waals surface area contributed by atoms with Crippen LogP contribution in [0.4, 0.5) is 13.2 Å². The van der Waals surface area contributed by atoms with Crippen LogP contribution in [-0.2, 0) is 22.7 Å². The van der Waals surface area contributed by atoms with E-state index >= 15 is 0 Å². The lowest BCUT2D eigenvalue weighted by molar-refractivity contribution is -0.137. The van der Waals surface area contributed by atoms with Crippen LogP contribution in [0.5, 0.6) is 0 Å². The number of thiophene rings is 1. The minimum absolute atomic E-state index is 0.343. The van der Waals surface area contributed by atoms with E-state index in [1.165, 1.54) is 10.9 Å². The van der Waals surface area contributed by atoms with E-state index in [0.29, 0.717) is 32.1 Å². The maximum Gasteiger partial charge on any atom is 0.416 e. The fraction of sp³-hybridized carbons (Fsp3) is 0.273. The Morgan fingerprint density at radius 3 is 2.52 bits per heavy atom. The van der Waals surface area contributed by atoms with Crippen LogP contribution >= 0.6 is 11.3 Å². The van der Waals surface area contributed by atoms with Crippen LogP contribution in [0.2, 0.25) is 0 Å². The average Bonchev–Trinajstić information content (AvgIpc) is 3.40. The number of alkyl halides is 3. The van der Waals surface area contributed by atoms with Crippen LogP contribution in [0.15, 0.2) is 70.9 Å². The first-order valence-electron chi connectivity index (χ1n) is 9.75. The zero-order chi connectivity index (χ0) is 22.1. The highest BCUT2D eigenvalue weighted by molar-refractivity contribution is 7.89. The molecule has 0 spiro atoms.